The van der Waals surface area contributed by atoms with Gasteiger partial charge in [-0.25, -0.2) is 0 Å². The van der Waals surface area contributed by atoms with Crippen molar-refractivity contribution in [2.45, 2.75) is 6.42 Å². The molecule has 0 bridgehead atoms. The van der Waals surface area contributed by atoms with Gasteiger partial charge < -0.3 is 14.8 Å². The molecule has 0 radical (unpaired) electrons. The minimum atomic E-state index is -0.470. The number of nitro benzene ring substituents is 1. The molecular formula is C22H20N2O5. The normalized spacial score (nSPS) is 10.3. The van der Waals surface area contributed by atoms with Crippen LogP contribution in [0.1, 0.15) is 5.56 Å². The van der Waals surface area contributed by atoms with Gasteiger partial charge in [0.25, 0.3) is 5.69 Å². The Labute approximate surface area is 168 Å². The van der Waals surface area contributed by atoms with Crippen molar-refractivity contribution in [3.8, 4) is 22.6 Å². The minimum absolute atomic E-state index is 0.00607. The molecule has 7 heteroatoms. The Bertz CT molecular complexity index is 1010. The fourth-order valence-corrected chi connectivity index (χ4v) is 2.91. The van der Waals surface area contributed by atoms with E-state index >= 15 is 0 Å². The molecule has 0 saturated heterocycles. The van der Waals surface area contributed by atoms with Crippen LogP contribution in [0, 0.1) is 10.1 Å². The van der Waals surface area contributed by atoms with Crippen LogP contribution >= 0.6 is 0 Å². The van der Waals surface area contributed by atoms with Crippen molar-refractivity contribution in [1.29, 1.82) is 0 Å². The van der Waals surface area contributed by atoms with E-state index in [4.69, 9.17) is 9.47 Å². The van der Waals surface area contributed by atoms with Gasteiger partial charge in [-0.1, -0.05) is 24.3 Å². The van der Waals surface area contributed by atoms with Gasteiger partial charge in [0.2, 0.25) is 5.91 Å². The predicted octanol–water partition coefficient (Wildman–Crippen LogP) is 4.46. The molecule has 3 rings (SSSR count). The lowest BCUT2D eigenvalue weighted by atomic mass is 10.0. The van der Waals surface area contributed by atoms with Crippen LogP contribution in [0.2, 0.25) is 0 Å². The number of nitrogens with zero attached hydrogens (tertiary/aromatic N) is 1. The van der Waals surface area contributed by atoms with Gasteiger partial charge in [0.05, 0.1) is 25.6 Å². The molecule has 0 aliphatic heterocycles. The molecule has 7 nitrogen and oxygen atoms in total. The molecule has 0 saturated carbocycles. The van der Waals surface area contributed by atoms with Crippen LogP contribution in [0.25, 0.3) is 11.1 Å². The lowest BCUT2D eigenvalue weighted by Crippen LogP contribution is -2.14. The number of hydrogen-bond acceptors (Lipinski definition) is 5. The average molecular weight is 392 g/mol. The molecule has 3 aromatic carbocycles. The number of nitrogens with one attached hydrogen (secondary N) is 1. The van der Waals surface area contributed by atoms with E-state index in [1.165, 1.54) is 12.1 Å². The Balaban J connectivity index is 1.76. The zero-order valence-electron chi connectivity index (χ0n) is 16.0. The molecule has 0 atom stereocenters. The molecule has 0 aromatic heterocycles. The molecule has 0 aliphatic rings. The van der Waals surface area contributed by atoms with Crippen LogP contribution in [0.4, 0.5) is 11.4 Å². The van der Waals surface area contributed by atoms with Crippen LogP contribution < -0.4 is 14.8 Å². The maximum atomic E-state index is 12.4. The number of non-ortho nitro benzene ring substituents is 1. The molecule has 0 unspecified atom stereocenters. The number of ether oxygens (including phenoxy) is 2. The highest BCUT2D eigenvalue weighted by atomic mass is 16.6. The zero-order valence-corrected chi connectivity index (χ0v) is 16.0. The predicted molar refractivity (Wildman–Crippen MR) is 110 cm³/mol. The third-order valence-electron chi connectivity index (χ3n) is 4.40. The summed E-state index contributed by atoms with van der Waals surface area (Å²) in [6.45, 7) is 0. The smallest absolute Gasteiger partial charge is 0.269 e. The lowest BCUT2D eigenvalue weighted by molar-refractivity contribution is -0.384. The molecule has 1 N–H and O–H groups in total. The number of rotatable bonds is 7. The second-order valence-corrected chi connectivity index (χ2v) is 6.29. The highest BCUT2D eigenvalue weighted by molar-refractivity contribution is 5.93. The number of anilines is 1. The molecule has 0 aliphatic carbocycles. The van der Waals surface area contributed by atoms with E-state index in [1.807, 2.05) is 30.3 Å². The summed E-state index contributed by atoms with van der Waals surface area (Å²) in [7, 11) is 3.20. The summed E-state index contributed by atoms with van der Waals surface area (Å²) < 4.78 is 10.6. The van der Waals surface area contributed by atoms with Gasteiger partial charge in [0.15, 0.2) is 0 Å². The molecule has 0 fully saturated rings. The van der Waals surface area contributed by atoms with Crippen molar-refractivity contribution in [2.75, 3.05) is 19.5 Å². The molecule has 3 aromatic rings. The fraction of sp³-hybridized carbons (Fsp3) is 0.136. The topological polar surface area (TPSA) is 90.7 Å². The van der Waals surface area contributed by atoms with E-state index in [-0.39, 0.29) is 18.0 Å². The summed E-state index contributed by atoms with van der Waals surface area (Å²) in [5.74, 6) is 1.22. The number of amides is 1. The fourth-order valence-electron chi connectivity index (χ4n) is 2.91. The van der Waals surface area contributed by atoms with E-state index in [1.54, 1.807) is 38.5 Å². The summed E-state index contributed by atoms with van der Waals surface area (Å²) in [4.78, 5) is 22.6. The van der Waals surface area contributed by atoms with E-state index in [0.717, 1.165) is 16.9 Å². The minimum Gasteiger partial charge on any atom is -0.497 e. The second kappa shape index (κ2) is 8.88. The number of benzene rings is 3. The lowest BCUT2D eigenvalue weighted by Gasteiger charge is -2.12. The van der Waals surface area contributed by atoms with E-state index in [2.05, 4.69) is 5.32 Å². The third-order valence-corrected chi connectivity index (χ3v) is 4.40. The summed E-state index contributed by atoms with van der Waals surface area (Å²) in [5.41, 5.74) is 3.08. The van der Waals surface area contributed by atoms with Crippen molar-refractivity contribution in [2.24, 2.45) is 0 Å². The Morgan fingerprint density at radius 1 is 0.966 bits per heavy atom. The number of methoxy groups -OCH3 is 2. The van der Waals surface area contributed by atoms with Gasteiger partial charge in [0.1, 0.15) is 11.5 Å². The SMILES string of the molecule is COc1ccc(-c2cc(NC(=O)Cc3ccc([N+](=O)[O-])cc3)ccc2OC)cc1. The largest absolute Gasteiger partial charge is 0.497 e. The molecule has 1 amide bonds. The van der Waals surface area contributed by atoms with Crippen LogP contribution in [0.5, 0.6) is 11.5 Å². The number of carbonyl (C=O) groups is 1. The monoisotopic (exact) mass is 392 g/mol. The van der Waals surface area contributed by atoms with Gasteiger partial charge in [-0.15, -0.1) is 0 Å². The number of carbonyl (C=O) groups excluding carboxylic acids is 1. The Kier molecular flexibility index (Phi) is 6.09. The van der Waals surface area contributed by atoms with E-state index < -0.39 is 4.92 Å². The van der Waals surface area contributed by atoms with Gasteiger partial charge in [-0.05, 0) is 41.5 Å². The first kappa shape index (κ1) is 19.9. The molecule has 148 valence electrons. The van der Waals surface area contributed by atoms with Gasteiger partial charge in [-0.3, -0.25) is 14.9 Å². The van der Waals surface area contributed by atoms with Crippen molar-refractivity contribution >= 4 is 17.3 Å². The van der Waals surface area contributed by atoms with Crippen LogP contribution in [-0.2, 0) is 11.2 Å². The van der Waals surface area contributed by atoms with E-state index in [9.17, 15) is 14.9 Å². The maximum absolute atomic E-state index is 12.4. The highest BCUT2D eigenvalue weighted by Gasteiger charge is 2.11. The second-order valence-electron chi connectivity index (χ2n) is 6.29. The Morgan fingerprint density at radius 2 is 1.66 bits per heavy atom. The molecular weight excluding hydrogens is 372 g/mol. The highest BCUT2D eigenvalue weighted by Crippen LogP contribution is 2.33. The first-order chi connectivity index (χ1) is 14.0. The van der Waals surface area contributed by atoms with Crippen molar-refractivity contribution < 1.29 is 19.2 Å². The first-order valence-corrected chi connectivity index (χ1v) is 8.86. The van der Waals surface area contributed by atoms with Gasteiger partial charge in [0, 0.05) is 23.4 Å². The quantitative estimate of drug-likeness (QED) is 0.473. The summed E-state index contributed by atoms with van der Waals surface area (Å²) in [5, 5.41) is 13.6. The number of hydrogen-bond donors (Lipinski definition) is 1. The summed E-state index contributed by atoms with van der Waals surface area (Å²) in [6.07, 6.45) is 0.113. The average Bonchev–Trinajstić information content (AvgIpc) is 2.74. The molecule has 0 spiro atoms. The van der Waals surface area contributed by atoms with Crippen LogP contribution in [0.15, 0.2) is 66.7 Å². The molecule has 0 heterocycles. The van der Waals surface area contributed by atoms with Crippen molar-refractivity contribution in [1.82, 2.24) is 0 Å². The summed E-state index contributed by atoms with van der Waals surface area (Å²) >= 11 is 0. The van der Waals surface area contributed by atoms with Gasteiger partial charge in [-0.2, -0.15) is 0 Å². The van der Waals surface area contributed by atoms with Gasteiger partial charge >= 0.3 is 0 Å². The summed E-state index contributed by atoms with van der Waals surface area (Å²) in [6, 6.07) is 18.9. The standard InChI is InChI=1S/C22H20N2O5/c1-28-19-10-5-16(6-11-19)20-14-17(7-12-21(20)29-2)23-22(25)13-15-3-8-18(9-4-15)24(26)27/h3-12,14H,13H2,1-2H3,(H,23,25). The molecule has 29 heavy (non-hydrogen) atoms. The Morgan fingerprint density at radius 3 is 2.24 bits per heavy atom. The third kappa shape index (κ3) is 4.90. The van der Waals surface area contributed by atoms with Crippen molar-refractivity contribution in [3.05, 3.63) is 82.4 Å². The van der Waals surface area contributed by atoms with Crippen LogP contribution in [0.3, 0.4) is 0 Å². The van der Waals surface area contributed by atoms with Crippen LogP contribution in [-0.4, -0.2) is 25.1 Å². The van der Waals surface area contributed by atoms with E-state index in [0.29, 0.717) is 17.0 Å². The van der Waals surface area contributed by atoms with Crippen molar-refractivity contribution in [3.63, 3.8) is 0 Å². The Hall–Kier alpha value is -3.87. The maximum Gasteiger partial charge on any atom is 0.269 e. The first-order valence-electron chi connectivity index (χ1n) is 8.86. The zero-order chi connectivity index (χ0) is 20.8. The number of nitro groups is 1.